The highest BCUT2D eigenvalue weighted by molar-refractivity contribution is 5.83. The third kappa shape index (κ3) is 9.11. The van der Waals surface area contributed by atoms with Crippen molar-refractivity contribution >= 4 is 23.7 Å². The van der Waals surface area contributed by atoms with E-state index in [9.17, 15) is 39.6 Å². The molecule has 11 N–H and O–H groups in total. The average Bonchev–Trinajstić information content (AvgIpc) is 2.78. The maximum atomic E-state index is 12.4. The molecule has 0 radical (unpaired) electrons. The van der Waals surface area contributed by atoms with Crippen molar-refractivity contribution in [2.45, 2.75) is 55.7 Å². The molecule has 1 aromatic carbocycles. The summed E-state index contributed by atoms with van der Waals surface area (Å²) in [7, 11) is 0. The van der Waals surface area contributed by atoms with Crippen molar-refractivity contribution < 1.29 is 44.7 Å². The summed E-state index contributed by atoms with van der Waals surface area (Å²) >= 11 is 0. The predicted molar refractivity (Wildman–Crippen MR) is 113 cm³/mol. The van der Waals surface area contributed by atoms with Gasteiger partial charge in [-0.15, -0.1) is 0 Å². The Morgan fingerprint density at radius 1 is 0.939 bits per heavy atom. The van der Waals surface area contributed by atoms with E-state index in [1.807, 2.05) is 0 Å². The van der Waals surface area contributed by atoms with Gasteiger partial charge in [-0.1, -0.05) is 30.3 Å². The molecule has 0 saturated carbocycles. The topological polar surface area (TPSA) is 246 Å². The molecule has 13 nitrogen and oxygen atoms in total. The molecule has 1 rings (SSSR count). The highest BCUT2D eigenvalue weighted by Gasteiger charge is 2.37. The summed E-state index contributed by atoms with van der Waals surface area (Å²) in [6.07, 6.45) is -7.19. The number of primary amides is 1. The van der Waals surface area contributed by atoms with Gasteiger partial charge in [0.15, 0.2) is 6.10 Å². The van der Waals surface area contributed by atoms with E-state index in [1.54, 1.807) is 30.3 Å². The third-order valence-corrected chi connectivity index (χ3v) is 4.81. The second-order valence-electron chi connectivity index (χ2n) is 7.40. The van der Waals surface area contributed by atoms with Crippen molar-refractivity contribution in [2.75, 3.05) is 6.61 Å². The molecule has 0 aromatic heterocycles. The molecule has 0 aliphatic heterocycles. The van der Waals surface area contributed by atoms with Crippen LogP contribution in [0.15, 0.2) is 30.3 Å². The fourth-order valence-corrected chi connectivity index (χ4v) is 2.91. The lowest BCUT2D eigenvalue weighted by molar-refractivity contribution is -0.145. The van der Waals surface area contributed by atoms with E-state index < -0.39 is 73.2 Å². The minimum atomic E-state index is -2.23. The van der Waals surface area contributed by atoms with Crippen LogP contribution in [0.1, 0.15) is 30.9 Å². The Morgan fingerprint density at radius 2 is 1.55 bits per heavy atom. The zero-order chi connectivity index (χ0) is 25.1. The van der Waals surface area contributed by atoms with E-state index in [0.717, 1.165) is 0 Å². The highest BCUT2D eigenvalue weighted by Crippen LogP contribution is 2.17. The summed E-state index contributed by atoms with van der Waals surface area (Å²) in [6.45, 7) is -0.882. The van der Waals surface area contributed by atoms with Crippen LogP contribution in [0.2, 0.25) is 0 Å². The number of aliphatic hydroxyl groups is 4. The van der Waals surface area contributed by atoms with Crippen LogP contribution in [0.25, 0.3) is 0 Å². The number of carboxylic acid groups (broad SMARTS) is 1. The Morgan fingerprint density at radius 3 is 2.06 bits per heavy atom. The molecule has 0 spiro atoms. The molecule has 0 aliphatic carbocycles. The molecular formula is C20H30N4O9. The molecule has 0 unspecified atom stereocenters. The SMILES string of the molecule is NC(=O)CC[C@H](N)C(=O)N[C@@H](CO)[C@@H](O)[C@@H](O)[C@H](O)C(=O)N[C@@H](CC(=O)O)c1ccccc1. The molecule has 33 heavy (non-hydrogen) atoms. The molecule has 0 fully saturated rings. The lowest BCUT2D eigenvalue weighted by atomic mass is 9.98. The number of amides is 3. The van der Waals surface area contributed by atoms with Gasteiger partial charge in [-0.05, 0) is 12.0 Å². The van der Waals surface area contributed by atoms with Crippen LogP contribution >= 0.6 is 0 Å². The molecule has 6 atom stereocenters. The average molecular weight is 470 g/mol. The molecule has 3 amide bonds. The second kappa shape index (κ2) is 13.4. The quantitative estimate of drug-likeness (QED) is 0.130. The van der Waals surface area contributed by atoms with Crippen molar-refractivity contribution in [1.82, 2.24) is 10.6 Å². The van der Waals surface area contributed by atoms with E-state index in [4.69, 9.17) is 16.6 Å². The van der Waals surface area contributed by atoms with Gasteiger partial charge in [-0.3, -0.25) is 19.2 Å². The molecule has 13 heteroatoms. The number of carbonyl (C=O) groups is 4. The molecule has 0 heterocycles. The Kier molecular flexibility index (Phi) is 11.4. The number of hydrogen-bond donors (Lipinski definition) is 9. The minimum Gasteiger partial charge on any atom is -0.481 e. The van der Waals surface area contributed by atoms with Crippen LogP contribution in [0.3, 0.4) is 0 Å². The van der Waals surface area contributed by atoms with E-state index in [2.05, 4.69) is 10.6 Å². The lowest BCUT2D eigenvalue weighted by Gasteiger charge is -2.30. The van der Waals surface area contributed by atoms with E-state index >= 15 is 0 Å². The highest BCUT2D eigenvalue weighted by atomic mass is 16.4. The van der Waals surface area contributed by atoms with E-state index in [-0.39, 0.29) is 12.8 Å². The first-order valence-corrected chi connectivity index (χ1v) is 10.0. The van der Waals surface area contributed by atoms with Gasteiger partial charge in [0.05, 0.1) is 31.2 Å². The predicted octanol–water partition coefficient (Wildman–Crippen LogP) is -3.53. The first-order chi connectivity index (χ1) is 15.5. The number of hydrogen-bond acceptors (Lipinski definition) is 9. The monoisotopic (exact) mass is 470 g/mol. The van der Waals surface area contributed by atoms with Gasteiger partial charge in [0.2, 0.25) is 11.8 Å². The maximum absolute atomic E-state index is 12.4. The lowest BCUT2D eigenvalue weighted by Crippen LogP contribution is -2.58. The van der Waals surface area contributed by atoms with Crippen molar-refractivity contribution in [3.8, 4) is 0 Å². The van der Waals surface area contributed by atoms with Crippen LogP contribution < -0.4 is 22.1 Å². The smallest absolute Gasteiger partial charge is 0.305 e. The second-order valence-corrected chi connectivity index (χ2v) is 7.40. The molecule has 0 bridgehead atoms. The molecular weight excluding hydrogens is 440 g/mol. The van der Waals surface area contributed by atoms with Crippen LogP contribution in [0.5, 0.6) is 0 Å². The van der Waals surface area contributed by atoms with Crippen molar-refractivity contribution in [2.24, 2.45) is 11.5 Å². The first-order valence-electron chi connectivity index (χ1n) is 10.0. The van der Waals surface area contributed by atoms with Crippen LogP contribution in [-0.2, 0) is 19.2 Å². The van der Waals surface area contributed by atoms with Gasteiger partial charge in [-0.2, -0.15) is 0 Å². The third-order valence-electron chi connectivity index (χ3n) is 4.81. The zero-order valence-corrected chi connectivity index (χ0v) is 17.7. The minimum absolute atomic E-state index is 0.104. The zero-order valence-electron chi connectivity index (χ0n) is 17.7. The van der Waals surface area contributed by atoms with Crippen molar-refractivity contribution in [3.05, 3.63) is 35.9 Å². The summed E-state index contributed by atoms with van der Waals surface area (Å²) in [5, 5.41) is 53.7. The van der Waals surface area contributed by atoms with E-state index in [1.165, 1.54) is 0 Å². The Balaban J connectivity index is 2.81. The first kappa shape index (κ1) is 27.9. The molecule has 184 valence electrons. The Hall–Kier alpha value is -3.10. The van der Waals surface area contributed by atoms with E-state index in [0.29, 0.717) is 5.56 Å². The molecule has 0 saturated heterocycles. The van der Waals surface area contributed by atoms with Gasteiger partial charge >= 0.3 is 5.97 Å². The summed E-state index contributed by atoms with van der Waals surface area (Å²) < 4.78 is 0. The fourth-order valence-electron chi connectivity index (χ4n) is 2.91. The van der Waals surface area contributed by atoms with Crippen molar-refractivity contribution in [3.63, 3.8) is 0 Å². The van der Waals surface area contributed by atoms with Gasteiger partial charge in [0, 0.05) is 6.42 Å². The summed E-state index contributed by atoms with van der Waals surface area (Å²) in [5.74, 6) is -3.96. The number of benzene rings is 1. The van der Waals surface area contributed by atoms with Crippen LogP contribution in [-0.4, -0.2) is 86.2 Å². The Labute approximate surface area is 189 Å². The number of rotatable bonds is 14. The van der Waals surface area contributed by atoms with Gasteiger partial charge in [0.1, 0.15) is 12.2 Å². The standard InChI is InChI=1S/C20H30N4O9/c21-11(6-7-14(22)26)19(32)24-13(9-25)16(29)17(30)18(31)20(33)23-12(8-15(27)28)10-4-2-1-3-5-10/h1-5,11-13,16-18,25,29-31H,6-9,21H2,(H2,22,26)(H,23,33)(H,24,32)(H,27,28)/t11-,12-,13-,16+,17+,18-/m0/s1. The van der Waals surface area contributed by atoms with Crippen molar-refractivity contribution in [1.29, 1.82) is 0 Å². The van der Waals surface area contributed by atoms with Gasteiger partial charge < -0.3 is 47.6 Å². The maximum Gasteiger partial charge on any atom is 0.305 e. The number of carboxylic acids is 1. The van der Waals surface area contributed by atoms with Gasteiger partial charge in [0.25, 0.3) is 5.91 Å². The number of aliphatic carboxylic acids is 1. The molecule has 1 aromatic rings. The number of nitrogens with two attached hydrogens (primary N) is 2. The number of aliphatic hydroxyl groups excluding tert-OH is 4. The summed E-state index contributed by atoms with van der Waals surface area (Å²) in [6, 6.07) is 4.29. The summed E-state index contributed by atoms with van der Waals surface area (Å²) in [4.78, 5) is 46.4. The normalized spacial score (nSPS) is 16.5. The van der Waals surface area contributed by atoms with Crippen LogP contribution in [0, 0.1) is 0 Å². The van der Waals surface area contributed by atoms with Gasteiger partial charge in [-0.25, -0.2) is 0 Å². The fraction of sp³-hybridized carbons (Fsp3) is 0.500. The Bertz CT molecular complexity index is 808. The van der Waals surface area contributed by atoms with Crippen LogP contribution in [0.4, 0.5) is 0 Å². The largest absolute Gasteiger partial charge is 0.481 e. The number of carbonyl (C=O) groups excluding carboxylic acids is 3. The molecule has 0 aliphatic rings. The summed E-state index contributed by atoms with van der Waals surface area (Å²) in [5.41, 5.74) is 11.0. The number of nitrogens with one attached hydrogen (secondary N) is 2.